The molecular formula is C12H10O4. The van der Waals surface area contributed by atoms with Crippen molar-refractivity contribution in [1.82, 2.24) is 0 Å². The van der Waals surface area contributed by atoms with E-state index < -0.39 is 5.97 Å². The van der Waals surface area contributed by atoms with Gasteiger partial charge in [-0.05, 0) is 23.8 Å². The van der Waals surface area contributed by atoms with Gasteiger partial charge in [-0.3, -0.25) is 0 Å². The van der Waals surface area contributed by atoms with Crippen LogP contribution in [0.2, 0.25) is 0 Å². The molecule has 16 heavy (non-hydrogen) atoms. The molecule has 0 unspecified atom stereocenters. The minimum atomic E-state index is -0.987. The van der Waals surface area contributed by atoms with E-state index >= 15 is 0 Å². The van der Waals surface area contributed by atoms with Gasteiger partial charge in [0.25, 0.3) is 0 Å². The lowest BCUT2D eigenvalue weighted by Crippen LogP contribution is -2.09. The Morgan fingerprint density at radius 1 is 1.19 bits per heavy atom. The number of hydrogen-bond acceptors (Lipinski definition) is 3. The molecule has 0 amide bonds. The van der Waals surface area contributed by atoms with E-state index in [-0.39, 0.29) is 6.61 Å². The highest BCUT2D eigenvalue weighted by Crippen LogP contribution is 2.22. The highest BCUT2D eigenvalue weighted by Gasteiger charge is 2.01. The minimum Gasteiger partial charge on any atom is -0.482 e. The summed E-state index contributed by atoms with van der Waals surface area (Å²) in [6.07, 6.45) is 3.25. The maximum absolute atomic E-state index is 10.3. The third-order valence-electron chi connectivity index (χ3n) is 2.07. The molecule has 0 bridgehead atoms. The van der Waals surface area contributed by atoms with Crippen LogP contribution < -0.4 is 4.74 Å². The van der Waals surface area contributed by atoms with Gasteiger partial charge in [-0.15, -0.1) is 0 Å². The number of carboxylic acid groups (broad SMARTS) is 1. The third-order valence-corrected chi connectivity index (χ3v) is 2.07. The van der Waals surface area contributed by atoms with E-state index in [4.69, 9.17) is 14.3 Å². The Kier molecular flexibility index (Phi) is 2.91. The van der Waals surface area contributed by atoms with Gasteiger partial charge in [-0.1, -0.05) is 12.1 Å². The highest BCUT2D eigenvalue weighted by atomic mass is 16.5. The smallest absolute Gasteiger partial charge is 0.341 e. The molecule has 0 saturated carbocycles. The van der Waals surface area contributed by atoms with Gasteiger partial charge in [-0.2, -0.15) is 0 Å². The highest BCUT2D eigenvalue weighted by molar-refractivity contribution is 5.68. The Labute approximate surface area is 92.1 Å². The number of carbonyl (C=O) groups is 1. The van der Waals surface area contributed by atoms with Crippen molar-refractivity contribution in [2.45, 2.75) is 0 Å². The number of aliphatic carboxylic acids is 1. The molecule has 1 heterocycles. The predicted molar refractivity (Wildman–Crippen MR) is 57.3 cm³/mol. The number of ether oxygens (including phenoxy) is 1. The predicted octanol–water partition coefficient (Wildman–Crippen LogP) is 2.41. The molecule has 0 saturated heterocycles. The summed E-state index contributed by atoms with van der Waals surface area (Å²) in [6, 6.07) is 9.01. The van der Waals surface area contributed by atoms with Crippen LogP contribution in [-0.2, 0) is 4.79 Å². The van der Waals surface area contributed by atoms with Gasteiger partial charge in [0.15, 0.2) is 6.61 Å². The molecule has 4 heteroatoms. The van der Waals surface area contributed by atoms with E-state index in [9.17, 15) is 4.79 Å². The van der Waals surface area contributed by atoms with Crippen molar-refractivity contribution in [2.75, 3.05) is 6.61 Å². The van der Waals surface area contributed by atoms with Gasteiger partial charge in [0.05, 0.1) is 12.5 Å². The fourth-order valence-corrected chi connectivity index (χ4v) is 1.32. The molecule has 1 aromatic heterocycles. The van der Waals surface area contributed by atoms with Crippen molar-refractivity contribution in [3.8, 4) is 16.9 Å². The Balaban J connectivity index is 2.08. The van der Waals surface area contributed by atoms with Crippen LogP contribution in [0.1, 0.15) is 0 Å². The molecule has 82 valence electrons. The summed E-state index contributed by atoms with van der Waals surface area (Å²) in [6.45, 7) is -0.328. The molecule has 1 aromatic carbocycles. The Bertz CT molecular complexity index is 456. The SMILES string of the molecule is O=C(O)COc1ccc(-c2ccoc2)cc1. The zero-order valence-electron chi connectivity index (χ0n) is 8.42. The molecule has 0 atom stereocenters. The first-order valence-corrected chi connectivity index (χ1v) is 4.73. The van der Waals surface area contributed by atoms with Crippen molar-refractivity contribution < 1.29 is 19.1 Å². The number of furan rings is 1. The Hall–Kier alpha value is -2.23. The molecule has 0 fully saturated rings. The van der Waals surface area contributed by atoms with Gasteiger partial charge in [0.1, 0.15) is 5.75 Å². The van der Waals surface area contributed by atoms with Crippen LogP contribution in [0.15, 0.2) is 47.3 Å². The summed E-state index contributed by atoms with van der Waals surface area (Å²) in [4.78, 5) is 10.3. The zero-order valence-corrected chi connectivity index (χ0v) is 8.42. The molecule has 1 N–H and O–H groups in total. The molecule has 0 aliphatic rings. The van der Waals surface area contributed by atoms with Crippen molar-refractivity contribution in [3.63, 3.8) is 0 Å². The lowest BCUT2D eigenvalue weighted by Gasteiger charge is -2.03. The first kappa shape index (κ1) is 10.3. The number of rotatable bonds is 4. The lowest BCUT2D eigenvalue weighted by atomic mass is 10.1. The summed E-state index contributed by atoms with van der Waals surface area (Å²) < 4.78 is 9.99. The van der Waals surface area contributed by atoms with E-state index in [0.717, 1.165) is 11.1 Å². The number of carboxylic acids is 1. The standard InChI is InChI=1S/C12H10O4/c13-12(14)8-16-11-3-1-9(2-4-11)10-5-6-15-7-10/h1-7H,8H2,(H,13,14). The molecule has 2 rings (SSSR count). The quantitative estimate of drug-likeness (QED) is 0.856. The summed E-state index contributed by atoms with van der Waals surface area (Å²) in [5.74, 6) is -0.450. The maximum Gasteiger partial charge on any atom is 0.341 e. The summed E-state index contributed by atoms with van der Waals surface area (Å²) >= 11 is 0. The van der Waals surface area contributed by atoms with Crippen LogP contribution in [0, 0.1) is 0 Å². The molecule has 2 aromatic rings. The largest absolute Gasteiger partial charge is 0.482 e. The van der Waals surface area contributed by atoms with Gasteiger partial charge in [0.2, 0.25) is 0 Å². The van der Waals surface area contributed by atoms with Crippen LogP contribution in [0.5, 0.6) is 5.75 Å². The van der Waals surface area contributed by atoms with Crippen molar-refractivity contribution in [2.24, 2.45) is 0 Å². The van der Waals surface area contributed by atoms with E-state index in [1.54, 1.807) is 24.7 Å². The molecule has 0 spiro atoms. The third kappa shape index (κ3) is 2.42. The van der Waals surface area contributed by atoms with Crippen LogP contribution in [0.4, 0.5) is 0 Å². The minimum absolute atomic E-state index is 0.328. The van der Waals surface area contributed by atoms with Crippen LogP contribution >= 0.6 is 0 Å². The summed E-state index contributed by atoms with van der Waals surface area (Å²) in [7, 11) is 0. The van der Waals surface area contributed by atoms with Crippen molar-refractivity contribution in [3.05, 3.63) is 42.9 Å². The fraction of sp³-hybridized carbons (Fsp3) is 0.0833. The van der Waals surface area contributed by atoms with Crippen LogP contribution in [-0.4, -0.2) is 17.7 Å². The first-order chi connectivity index (χ1) is 7.75. The monoisotopic (exact) mass is 218 g/mol. The van der Waals surface area contributed by atoms with Gasteiger partial charge in [-0.25, -0.2) is 4.79 Å². The van der Waals surface area contributed by atoms with E-state index in [0.29, 0.717) is 5.75 Å². The second kappa shape index (κ2) is 4.53. The number of benzene rings is 1. The van der Waals surface area contributed by atoms with E-state index in [2.05, 4.69) is 0 Å². The second-order valence-corrected chi connectivity index (χ2v) is 3.22. The number of hydrogen-bond donors (Lipinski definition) is 1. The molecule has 0 aliphatic carbocycles. The molecule has 0 radical (unpaired) electrons. The Morgan fingerprint density at radius 3 is 2.50 bits per heavy atom. The Morgan fingerprint density at radius 2 is 1.94 bits per heavy atom. The fourth-order valence-electron chi connectivity index (χ4n) is 1.32. The lowest BCUT2D eigenvalue weighted by molar-refractivity contribution is -0.139. The second-order valence-electron chi connectivity index (χ2n) is 3.22. The average Bonchev–Trinajstić information content (AvgIpc) is 2.80. The normalized spacial score (nSPS) is 10.0. The molecule has 0 aliphatic heterocycles. The van der Waals surface area contributed by atoms with Gasteiger partial charge >= 0.3 is 5.97 Å². The molecule has 4 nitrogen and oxygen atoms in total. The van der Waals surface area contributed by atoms with Crippen molar-refractivity contribution in [1.29, 1.82) is 0 Å². The zero-order chi connectivity index (χ0) is 11.4. The summed E-state index contributed by atoms with van der Waals surface area (Å²) in [5, 5.41) is 8.44. The topological polar surface area (TPSA) is 59.7 Å². The van der Waals surface area contributed by atoms with E-state index in [1.807, 2.05) is 18.2 Å². The van der Waals surface area contributed by atoms with E-state index in [1.165, 1.54) is 0 Å². The van der Waals surface area contributed by atoms with Crippen LogP contribution in [0.3, 0.4) is 0 Å². The first-order valence-electron chi connectivity index (χ1n) is 4.73. The average molecular weight is 218 g/mol. The molecular weight excluding hydrogens is 208 g/mol. The maximum atomic E-state index is 10.3. The van der Waals surface area contributed by atoms with Crippen molar-refractivity contribution >= 4 is 5.97 Å². The summed E-state index contributed by atoms with van der Waals surface area (Å²) in [5.41, 5.74) is 1.97. The van der Waals surface area contributed by atoms with Gasteiger partial charge in [0, 0.05) is 5.56 Å². The van der Waals surface area contributed by atoms with Crippen LogP contribution in [0.25, 0.3) is 11.1 Å². The van der Waals surface area contributed by atoms with Gasteiger partial charge < -0.3 is 14.3 Å².